The van der Waals surface area contributed by atoms with Gasteiger partial charge in [-0.2, -0.15) is 0 Å². The Morgan fingerprint density at radius 1 is 1.24 bits per heavy atom. The molecule has 0 radical (unpaired) electrons. The maximum absolute atomic E-state index is 11.3. The number of amides is 2. The van der Waals surface area contributed by atoms with E-state index in [1.165, 1.54) is 0 Å². The highest BCUT2D eigenvalue weighted by Crippen LogP contribution is 1.86. The van der Waals surface area contributed by atoms with Crippen LogP contribution in [0.4, 0.5) is 0 Å². The molecule has 1 atom stereocenters. The van der Waals surface area contributed by atoms with Crippen molar-refractivity contribution in [1.82, 2.24) is 10.6 Å². The van der Waals surface area contributed by atoms with Crippen LogP contribution in [-0.2, 0) is 19.1 Å². The van der Waals surface area contributed by atoms with Crippen molar-refractivity contribution in [3.05, 3.63) is 0 Å². The van der Waals surface area contributed by atoms with Gasteiger partial charge in [0.15, 0.2) is 6.04 Å². The second-order valence-corrected chi connectivity index (χ2v) is 3.30. The van der Waals surface area contributed by atoms with E-state index in [4.69, 9.17) is 5.73 Å². The van der Waals surface area contributed by atoms with Crippen LogP contribution in [0.3, 0.4) is 0 Å². The molecule has 0 fully saturated rings. The topological polar surface area (TPSA) is 111 Å². The summed E-state index contributed by atoms with van der Waals surface area (Å²) in [5.41, 5.74) is 5.31. The Bertz CT molecular complexity index is 281. The average molecular weight is 245 g/mol. The number of esters is 1. The Balaban J connectivity index is 3.92. The summed E-state index contributed by atoms with van der Waals surface area (Å²) in [5, 5.41) is 4.82. The minimum atomic E-state index is -1.39. The highest BCUT2D eigenvalue weighted by Gasteiger charge is 2.23. The standard InChI is InChI=1S/C10H19N3O4/c1-3-5-12-7(14)6-13-9(15)8(11)10(16)17-4-2/h8H,3-6,11H2,1-2H3,(H,12,14)(H,13,15). The zero-order valence-electron chi connectivity index (χ0n) is 10.1. The Kier molecular flexibility index (Phi) is 7.70. The van der Waals surface area contributed by atoms with E-state index in [-0.39, 0.29) is 19.1 Å². The highest BCUT2D eigenvalue weighted by atomic mass is 16.5. The summed E-state index contributed by atoms with van der Waals surface area (Å²) >= 11 is 0. The van der Waals surface area contributed by atoms with Gasteiger partial charge in [-0.25, -0.2) is 4.79 Å². The average Bonchev–Trinajstić information content (AvgIpc) is 2.32. The molecular formula is C10H19N3O4. The van der Waals surface area contributed by atoms with Crippen molar-refractivity contribution in [2.24, 2.45) is 5.73 Å². The Hall–Kier alpha value is -1.63. The Morgan fingerprint density at radius 2 is 1.88 bits per heavy atom. The summed E-state index contributed by atoms with van der Waals surface area (Å²) in [6, 6.07) is -1.39. The van der Waals surface area contributed by atoms with Crippen LogP contribution in [-0.4, -0.2) is 43.5 Å². The van der Waals surface area contributed by atoms with Gasteiger partial charge in [-0.1, -0.05) is 6.92 Å². The first-order valence-electron chi connectivity index (χ1n) is 5.49. The highest BCUT2D eigenvalue weighted by molar-refractivity contribution is 6.02. The van der Waals surface area contributed by atoms with Gasteiger partial charge in [0.05, 0.1) is 13.2 Å². The molecule has 0 spiro atoms. The van der Waals surface area contributed by atoms with E-state index >= 15 is 0 Å². The minimum absolute atomic E-state index is 0.150. The van der Waals surface area contributed by atoms with Gasteiger partial charge in [-0.15, -0.1) is 0 Å². The molecule has 1 unspecified atom stereocenters. The zero-order valence-corrected chi connectivity index (χ0v) is 10.1. The second kappa shape index (κ2) is 8.51. The molecule has 98 valence electrons. The molecule has 0 aliphatic carbocycles. The van der Waals surface area contributed by atoms with Crippen molar-refractivity contribution in [2.45, 2.75) is 26.3 Å². The summed E-state index contributed by atoms with van der Waals surface area (Å²) in [7, 11) is 0. The number of hydrogen-bond donors (Lipinski definition) is 3. The fraction of sp³-hybridized carbons (Fsp3) is 0.700. The van der Waals surface area contributed by atoms with Crippen molar-refractivity contribution in [1.29, 1.82) is 0 Å². The second-order valence-electron chi connectivity index (χ2n) is 3.30. The van der Waals surface area contributed by atoms with Gasteiger partial charge in [0.1, 0.15) is 0 Å². The number of carbonyl (C=O) groups is 3. The molecule has 0 bridgehead atoms. The first-order chi connectivity index (χ1) is 8.02. The van der Waals surface area contributed by atoms with Gasteiger partial charge >= 0.3 is 5.97 Å². The molecule has 0 heterocycles. The summed E-state index contributed by atoms with van der Waals surface area (Å²) in [6.45, 7) is 4.01. The lowest BCUT2D eigenvalue weighted by molar-refractivity contribution is -0.148. The first kappa shape index (κ1) is 15.4. The maximum atomic E-state index is 11.3. The van der Waals surface area contributed by atoms with Crippen LogP contribution in [0.1, 0.15) is 20.3 Å². The number of nitrogens with two attached hydrogens (primary N) is 1. The third kappa shape index (κ3) is 6.52. The van der Waals surface area contributed by atoms with Crippen LogP contribution < -0.4 is 16.4 Å². The zero-order chi connectivity index (χ0) is 13.3. The maximum Gasteiger partial charge on any atom is 0.332 e. The molecule has 0 saturated carbocycles. The first-order valence-corrected chi connectivity index (χ1v) is 5.49. The van der Waals surface area contributed by atoms with Crippen LogP contribution in [0, 0.1) is 0 Å². The van der Waals surface area contributed by atoms with E-state index in [2.05, 4.69) is 15.4 Å². The number of hydrogen-bond acceptors (Lipinski definition) is 5. The van der Waals surface area contributed by atoms with Crippen LogP contribution in [0.15, 0.2) is 0 Å². The van der Waals surface area contributed by atoms with Crippen molar-refractivity contribution in [3.8, 4) is 0 Å². The van der Waals surface area contributed by atoms with Crippen LogP contribution in [0.5, 0.6) is 0 Å². The molecule has 2 amide bonds. The number of ether oxygens (including phenoxy) is 1. The van der Waals surface area contributed by atoms with Gasteiger partial charge in [-0.05, 0) is 13.3 Å². The molecule has 0 aromatic carbocycles. The van der Waals surface area contributed by atoms with Gasteiger partial charge in [0.25, 0.3) is 0 Å². The SMILES string of the molecule is CCCNC(=O)CNC(=O)C(N)C(=O)OCC. The quantitative estimate of drug-likeness (QED) is 0.374. The predicted octanol–water partition coefficient (Wildman–Crippen LogP) is -1.48. The molecule has 17 heavy (non-hydrogen) atoms. The van der Waals surface area contributed by atoms with Crippen molar-refractivity contribution < 1.29 is 19.1 Å². The van der Waals surface area contributed by atoms with Crippen LogP contribution in [0.2, 0.25) is 0 Å². The van der Waals surface area contributed by atoms with Crippen molar-refractivity contribution in [3.63, 3.8) is 0 Å². The molecule has 0 aliphatic rings. The summed E-state index contributed by atoms with van der Waals surface area (Å²) in [6.07, 6.45) is 0.808. The largest absolute Gasteiger partial charge is 0.464 e. The monoisotopic (exact) mass is 245 g/mol. The molecule has 0 aromatic rings. The lowest BCUT2D eigenvalue weighted by Gasteiger charge is -2.11. The van der Waals surface area contributed by atoms with Gasteiger partial charge in [-0.3, -0.25) is 9.59 Å². The summed E-state index contributed by atoms with van der Waals surface area (Å²) < 4.78 is 4.57. The molecule has 0 rings (SSSR count). The van der Waals surface area contributed by atoms with E-state index in [0.717, 1.165) is 6.42 Å². The number of carbonyl (C=O) groups excluding carboxylic acids is 3. The molecule has 7 nitrogen and oxygen atoms in total. The molecule has 0 saturated heterocycles. The lowest BCUT2D eigenvalue weighted by Crippen LogP contribution is -2.49. The van der Waals surface area contributed by atoms with Crippen LogP contribution >= 0.6 is 0 Å². The Morgan fingerprint density at radius 3 is 2.41 bits per heavy atom. The molecule has 4 N–H and O–H groups in total. The lowest BCUT2D eigenvalue weighted by atomic mass is 10.3. The van der Waals surface area contributed by atoms with Gasteiger partial charge in [0.2, 0.25) is 11.8 Å². The molecule has 0 aliphatic heterocycles. The van der Waals surface area contributed by atoms with E-state index in [1.54, 1.807) is 6.92 Å². The molecule has 7 heteroatoms. The van der Waals surface area contributed by atoms with Crippen molar-refractivity contribution >= 4 is 17.8 Å². The van der Waals surface area contributed by atoms with Gasteiger partial charge in [0, 0.05) is 6.54 Å². The predicted molar refractivity (Wildman–Crippen MR) is 60.9 cm³/mol. The third-order valence-corrected chi connectivity index (χ3v) is 1.82. The summed E-state index contributed by atoms with van der Waals surface area (Å²) in [4.78, 5) is 33.6. The minimum Gasteiger partial charge on any atom is -0.464 e. The Labute approximate surface area is 100 Å². The third-order valence-electron chi connectivity index (χ3n) is 1.82. The fourth-order valence-corrected chi connectivity index (χ4v) is 0.943. The smallest absolute Gasteiger partial charge is 0.332 e. The normalized spacial score (nSPS) is 11.5. The van der Waals surface area contributed by atoms with Crippen molar-refractivity contribution in [2.75, 3.05) is 19.7 Å². The van der Waals surface area contributed by atoms with Gasteiger partial charge < -0.3 is 21.1 Å². The van der Waals surface area contributed by atoms with E-state index in [9.17, 15) is 14.4 Å². The van der Waals surface area contributed by atoms with E-state index in [0.29, 0.717) is 6.54 Å². The molecule has 0 aromatic heterocycles. The van der Waals surface area contributed by atoms with Crippen LogP contribution in [0.25, 0.3) is 0 Å². The summed E-state index contributed by atoms with van der Waals surface area (Å²) in [5.74, 6) is -1.86. The van der Waals surface area contributed by atoms with E-state index in [1.807, 2.05) is 6.92 Å². The fourth-order valence-electron chi connectivity index (χ4n) is 0.943. The van der Waals surface area contributed by atoms with E-state index < -0.39 is 17.9 Å². The molecular weight excluding hydrogens is 226 g/mol. The number of rotatable bonds is 7. The number of nitrogens with one attached hydrogen (secondary N) is 2.